The van der Waals surface area contributed by atoms with Crippen molar-refractivity contribution in [3.05, 3.63) is 11.6 Å². The minimum absolute atomic E-state index is 0. The Morgan fingerprint density at radius 3 is 2.50 bits per heavy atom. The van der Waals surface area contributed by atoms with E-state index in [1.54, 1.807) is 6.20 Å². The van der Waals surface area contributed by atoms with Crippen LogP contribution in [0.4, 0.5) is 0 Å². The molecule has 6 heavy (non-hydrogen) atoms. The molecular weight excluding hydrogens is 120 g/mol. The summed E-state index contributed by atoms with van der Waals surface area (Å²) >= 11 is 1.35. The van der Waals surface area contributed by atoms with Crippen LogP contribution in [0.2, 0.25) is 0 Å². The Morgan fingerprint density at radius 1 is 1.50 bits per heavy atom. The average Bonchev–Trinajstić information content (AvgIpc) is 1.76. The van der Waals surface area contributed by atoms with E-state index in [9.17, 15) is 0 Å². The van der Waals surface area contributed by atoms with Gasteiger partial charge in [-0.2, -0.15) is 0 Å². The summed E-state index contributed by atoms with van der Waals surface area (Å²) in [6, 6.07) is 0. The predicted molar refractivity (Wildman–Crippen MR) is 27.2 cm³/mol. The van der Waals surface area contributed by atoms with Gasteiger partial charge in [0.15, 0.2) is 0 Å². The molecule has 0 fully saturated rings. The molecular formula is C2H3ClN2S. The van der Waals surface area contributed by atoms with Crippen LogP contribution in [-0.4, -0.2) is 9.59 Å². The van der Waals surface area contributed by atoms with E-state index >= 15 is 0 Å². The molecule has 0 aliphatic heterocycles. The SMILES string of the molecule is Cl.c1csnn1. The van der Waals surface area contributed by atoms with E-state index in [-0.39, 0.29) is 12.4 Å². The minimum Gasteiger partial charge on any atom is -0.147 e. The van der Waals surface area contributed by atoms with Gasteiger partial charge in [0, 0.05) is 5.38 Å². The number of hydrogen-bond donors (Lipinski definition) is 0. The van der Waals surface area contributed by atoms with E-state index < -0.39 is 0 Å². The molecule has 1 aromatic rings. The highest BCUT2D eigenvalue weighted by Gasteiger charge is 1.61. The molecule has 1 rings (SSSR count). The van der Waals surface area contributed by atoms with Gasteiger partial charge in [-0.3, -0.25) is 0 Å². The molecule has 0 N–H and O–H groups in total. The molecule has 0 spiro atoms. The highest BCUT2D eigenvalue weighted by atomic mass is 35.5. The number of nitrogens with zero attached hydrogens (tertiary/aromatic N) is 2. The topological polar surface area (TPSA) is 25.8 Å². The highest BCUT2D eigenvalue weighted by molar-refractivity contribution is 7.03. The van der Waals surface area contributed by atoms with Crippen molar-refractivity contribution in [2.24, 2.45) is 0 Å². The van der Waals surface area contributed by atoms with Crippen LogP contribution >= 0.6 is 23.9 Å². The Kier molecular flexibility index (Phi) is 2.98. The highest BCUT2D eigenvalue weighted by Crippen LogP contribution is 1.78. The quantitative estimate of drug-likeness (QED) is 0.512. The first kappa shape index (κ1) is 5.85. The summed E-state index contributed by atoms with van der Waals surface area (Å²) in [5, 5.41) is 5.31. The van der Waals surface area contributed by atoms with Crippen LogP contribution < -0.4 is 0 Å². The van der Waals surface area contributed by atoms with Crippen molar-refractivity contribution in [1.29, 1.82) is 0 Å². The molecule has 0 radical (unpaired) electrons. The molecule has 1 heterocycles. The van der Waals surface area contributed by atoms with E-state index in [0.717, 1.165) is 0 Å². The maximum atomic E-state index is 3.51. The molecule has 0 aliphatic carbocycles. The fourth-order valence-corrected chi connectivity index (χ4v) is 0.408. The van der Waals surface area contributed by atoms with Crippen LogP contribution in [0.1, 0.15) is 0 Å². The van der Waals surface area contributed by atoms with E-state index in [1.807, 2.05) is 5.38 Å². The number of halogens is 1. The van der Waals surface area contributed by atoms with Gasteiger partial charge in [0.25, 0.3) is 0 Å². The third-order valence-corrected chi connectivity index (χ3v) is 0.715. The van der Waals surface area contributed by atoms with Crippen molar-refractivity contribution in [3.63, 3.8) is 0 Å². The zero-order valence-electron chi connectivity index (χ0n) is 2.87. The standard InChI is InChI=1S/C2H2N2S.ClH/c1-2-5-4-3-1;/h1-2H;1H. The Balaban J connectivity index is 0.000000250. The first-order chi connectivity index (χ1) is 2.50. The predicted octanol–water partition coefficient (Wildman–Crippen LogP) is 0.960. The summed E-state index contributed by atoms with van der Waals surface area (Å²) in [4.78, 5) is 0. The normalized spacial score (nSPS) is 6.67. The van der Waals surface area contributed by atoms with E-state index in [1.165, 1.54) is 11.5 Å². The van der Waals surface area contributed by atoms with Gasteiger partial charge in [-0.1, -0.05) is 4.49 Å². The van der Waals surface area contributed by atoms with Crippen LogP contribution in [0, 0.1) is 0 Å². The Labute approximate surface area is 45.8 Å². The van der Waals surface area contributed by atoms with Gasteiger partial charge in [0.05, 0.1) is 6.20 Å². The molecule has 0 saturated carbocycles. The second-order valence-electron chi connectivity index (χ2n) is 0.588. The molecule has 2 nitrogen and oxygen atoms in total. The molecule has 0 bridgehead atoms. The zero-order valence-corrected chi connectivity index (χ0v) is 4.50. The third-order valence-electron chi connectivity index (χ3n) is 0.283. The van der Waals surface area contributed by atoms with Crippen molar-refractivity contribution in [2.75, 3.05) is 0 Å². The van der Waals surface area contributed by atoms with E-state index in [0.29, 0.717) is 0 Å². The van der Waals surface area contributed by atoms with Crippen molar-refractivity contribution >= 4 is 23.9 Å². The van der Waals surface area contributed by atoms with Crippen molar-refractivity contribution in [3.8, 4) is 0 Å². The van der Waals surface area contributed by atoms with Crippen LogP contribution in [0.3, 0.4) is 0 Å². The van der Waals surface area contributed by atoms with Crippen molar-refractivity contribution < 1.29 is 0 Å². The molecule has 0 saturated heterocycles. The molecule has 1 aromatic heterocycles. The molecule has 34 valence electrons. The monoisotopic (exact) mass is 122 g/mol. The second-order valence-corrected chi connectivity index (χ2v) is 1.23. The lowest BCUT2D eigenvalue weighted by Gasteiger charge is -1.40. The van der Waals surface area contributed by atoms with E-state index in [2.05, 4.69) is 9.59 Å². The smallest absolute Gasteiger partial charge is 0.0620 e. The van der Waals surface area contributed by atoms with Gasteiger partial charge in [-0.05, 0) is 11.5 Å². The average molecular weight is 123 g/mol. The van der Waals surface area contributed by atoms with Crippen LogP contribution in [0.15, 0.2) is 11.6 Å². The van der Waals surface area contributed by atoms with E-state index in [4.69, 9.17) is 0 Å². The van der Waals surface area contributed by atoms with Crippen LogP contribution in [0.25, 0.3) is 0 Å². The first-order valence-electron chi connectivity index (χ1n) is 1.21. The van der Waals surface area contributed by atoms with Gasteiger partial charge in [0.2, 0.25) is 0 Å². The zero-order chi connectivity index (χ0) is 3.54. The van der Waals surface area contributed by atoms with Crippen molar-refractivity contribution in [1.82, 2.24) is 9.59 Å². The lowest BCUT2D eigenvalue weighted by atomic mass is 11.1. The van der Waals surface area contributed by atoms with Gasteiger partial charge >= 0.3 is 0 Å². The first-order valence-corrected chi connectivity index (χ1v) is 2.05. The Morgan fingerprint density at radius 2 is 2.33 bits per heavy atom. The summed E-state index contributed by atoms with van der Waals surface area (Å²) in [7, 11) is 0. The maximum Gasteiger partial charge on any atom is 0.0620 e. The number of aromatic nitrogens is 2. The number of hydrogen-bond acceptors (Lipinski definition) is 3. The van der Waals surface area contributed by atoms with Gasteiger partial charge in [-0.25, -0.2) is 0 Å². The molecule has 0 aliphatic rings. The molecule has 0 amide bonds. The van der Waals surface area contributed by atoms with Gasteiger partial charge in [-0.15, -0.1) is 17.5 Å². The second kappa shape index (κ2) is 3.06. The Hall–Kier alpha value is -0.150. The van der Waals surface area contributed by atoms with Gasteiger partial charge < -0.3 is 0 Å². The summed E-state index contributed by atoms with van der Waals surface area (Å²) in [6.07, 6.45) is 1.66. The largest absolute Gasteiger partial charge is 0.147 e. The Bertz CT molecular complexity index is 68.0. The minimum atomic E-state index is 0. The summed E-state index contributed by atoms with van der Waals surface area (Å²) < 4.78 is 3.51. The summed E-state index contributed by atoms with van der Waals surface area (Å²) in [6.45, 7) is 0. The van der Waals surface area contributed by atoms with Crippen molar-refractivity contribution in [2.45, 2.75) is 0 Å². The molecule has 0 aromatic carbocycles. The third kappa shape index (κ3) is 1.33. The summed E-state index contributed by atoms with van der Waals surface area (Å²) in [5.41, 5.74) is 0. The van der Waals surface area contributed by atoms with Crippen LogP contribution in [-0.2, 0) is 0 Å². The maximum absolute atomic E-state index is 3.51. The van der Waals surface area contributed by atoms with Crippen LogP contribution in [0.5, 0.6) is 0 Å². The lowest BCUT2D eigenvalue weighted by Crippen LogP contribution is -1.51. The lowest BCUT2D eigenvalue weighted by molar-refractivity contribution is 1.16. The molecule has 0 atom stereocenters. The fraction of sp³-hybridized carbons (Fsp3) is 0. The molecule has 4 heteroatoms. The number of rotatable bonds is 0. The summed E-state index contributed by atoms with van der Waals surface area (Å²) in [5.74, 6) is 0. The molecule has 0 unspecified atom stereocenters. The fourth-order valence-electron chi connectivity index (χ4n) is 0.136. The van der Waals surface area contributed by atoms with Gasteiger partial charge in [0.1, 0.15) is 0 Å².